The van der Waals surface area contributed by atoms with Crippen molar-refractivity contribution in [1.29, 1.82) is 0 Å². The van der Waals surface area contributed by atoms with Gasteiger partial charge in [0.2, 0.25) is 10.0 Å². The van der Waals surface area contributed by atoms with Gasteiger partial charge in [-0.1, -0.05) is 24.2 Å². The van der Waals surface area contributed by atoms with Gasteiger partial charge < -0.3 is 5.32 Å². The van der Waals surface area contributed by atoms with E-state index in [1.807, 2.05) is 0 Å². The van der Waals surface area contributed by atoms with Crippen molar-refractivity contribution in [2.75, 3.05) is 18.1 Å². The molecule has 0 saturated heterocycles. The second-order valence-corrected chi connectivity index (χ2v) is 8.88. The third-order valence-corrected chi connectivity index (χ3v) is 6.32. The van der Waals surface area contributed by atoms with Crippen LogP contribution in [0.4, 0.5) is 9.93 Å². The number of sulfonamides is 1. The van der Waals surface area contributed by atoms with Gasteiger partial charge in [0, 0.05) is 30.4 Å². The highest BCUT2D eigenvalue weighted by molar-refractivity contribution is 7.88. The summed E-state index contributed by atoms with van der Waals surface area (Å²) in [4.78, 5) is 17.3. The Hall–Kier alpha value is -1.19. The first-order valence-corrected chi connectivity index (χ1v) is 10.1. The lowest BCUT2D eigenvalue weighted by atomic mass is 10.2. The number of amides is 2. The maximum atomic E-state index is 11.9. The second kappa shape index (κ2) is 6.13. The van der Waals surface area contributed by atoms with Crippen molar-refractivity contribution in [3.63, 3.8) is 0 Å². The molecule has 1 aromatic heterocycles. The highest BCUT2D eigenvalue weighted by Crippen LogP contribution is 2.29. The summed E-state index contributed by atoms with van der Waals surface area (Å²) in [6.45, 7) is 0.793. The summed E-state index contributed by atoms with van der Waals surface area (Å²) in [5.41, 5.74) is 0.890. The molecule has 0 atom stereocenters. The monoisotopic (exact) mass is 344 g/mol. The molecule has 0 aromatic carbocycles. The summed E-state index contributed by atoms with van der Waals surface area (Å²) < 4.78 is 24.6. The van der Waals surface area contributed by atoms with E-state index in [0.717, 1.165) is 36.3 Å². The predicted molar refractivity (Wildman–Crippen MR) is 85.5 cm³/mol. The highest BCUT2D eigenvalue weighted by atomic mass is 32.2. The van der Waals surface area contributed by atoms with Crippen LogP contribution in [0.3, 0.4) is 0 Å². The summed E-state index contributed by atoms with van der Waals surface area (Å²) in [6.07, 6.45) is 6.20. The number of thiazole rings is 1. The molecule has 7 nitrogen and oxygen atoms in total. The SMILES string of the molecule is CS(=O)(=O)N1CCc2nc(NC(=O)NC3CCCC3)sc2C1. The highest BCUT2D eigenvalue weighted by Gasteiger charge is 2.26. The smallest absolute Gasteiger partial charge is 0.321 e. The van der Waals surface area contributed by atoms with Crippen LogP contribution < -0.4 is 10.6 Å². The minimum atomic E-state index is -3.19. The molecule has 1 fully saturated rings. The van der Waals surface area contributed by atoms with Gasteiger partial charge >= 0.3 is 6.03 Å². The van der Waals surface area contributed by atoms with Crippen molar-refractivity contribution in [3.8, 4) is 0 Å². The molecule has 0 bridgehead atoms. The van der Waals surface area contributed by atoms with Gasteiger partial charge in [0.25, 0.3) is 0 Å². The molecular formula is C13H20N4O3S2. The number of anilines is 1. The summed E-state index contributed by atoms with van der Waals surface area (Å²) in [6, 6.07) is 0.0354. The minimum absolute atomic E-state index is 0.224. The van der Waals surface area contributed by atoms with E-state index in [1.54, 1.807) is 0 Å². The Bertz CT molecular complexity index is 665. The van der Waals surface area contributed by atoms with Crippen LogP contribution in [-0.4, -0.2) is 42.6 Å². The predicted octanol–water partition coefficient (Wildman–Crippen LogP) is 1.52. The summed E-state index contributed by atoms with van der Waals surface area (Å²) in [5.74, 6) is 0. The van der Waals surface area contributed by atoms with Gasteiger partial charge in [-0.25, -0.2) is 18.2 Å². The van der Waals surface area contributed by atoms with E-state index in [-0.39, 0.29) is 12.1 Å². The number of fused-ring (bicyclic) bond motifs is 1. The molecule has 1 aliphatic carbocycles. The normalized spacial score (nSPS) is 19.9. The van der Waals surface area contributed by atoms with Gasteiger partial charge in [0.1, 0.15) is 0 Å². The molecule has 2 N–H and O–H groups in total. The number of nitrogens with one attached hydrogen (secondary N) is 2. The first-order chi connectivity index (χ1) is 10.4. The first kappa shape index (κ1) is 15.7. The molecule has 0 unspecified atom stereocenters. The van der Waals surface area contributed by atoms with E-state index in [4.69, 9.17) is 0 Å². The molecule has 0 spiro atoms. The van der Waals surface area contributed by atoms with Crippen LogP contribution in [0.5, 0.6) is 0 Å². The van der Waals surface area contributed by atoms with Gasteiger partial charge in [-0.05, 0) is 12.8 Å². The largest absolute Gasteiger partial charge is 0.335 e. The Morgan fingerprint density at radius 2 is 2.09 bits per heavy atom. The van der Waals surface area contributed by atoms with Crippen molar-refractivity contribution in [3.05, 3.63) is 10.6 Å². The summed E-state index contributed by atoms with van der Waals surface area (Å²) in [5, 5.41) is 6.26. The fraction of sp³-hybridized carbons (Fsp3) is 0.692. The van der Waals surface area contributed by atoms with E-state index in [1.165, 1.54) is 21.9 Å². The Morgan fingerprint density at radius 3 is 2.77 bits per heavy atom. The lowest BCUT2D eigenvalue weighted by Gasteiger charge is -2.23. The molecule has 9 heteroatoms. The van der Waals surface area contributed by atoms with Crippen LogP contribution in [0.15, 0.2) is 0 Å². The lowest BCUT2D eigenvalue weighted by molar-refractivity contribution is 0.248. The molecule has 1 aromatic rings. The van der Waals surface area contributed by atoms with Crippen molar-refractivity contribution >= 4 is 32.5 Å². The molecule has 0 radical (unpaired) electrons. The number of nitrogens with zero attached hydrogens (tertiary/aromatic N) is 2. The fourth-order valence-corrected chi connectivity index (χ4v) is 4.78. The first-order valence-electron chi connectivity index (χ1n) is 7.43. The fourth-order valence-electron chi connectivity index (χ4n) is 2.90. The van der Waals surface area contributed by atoms with Crippen LogP contribution in [0.2, 0.25) is 0 Å². The van der Waals surface area contributed by atoms with Gasteiger partial charge in [0.05, 0.1) is 11.9 Å². The number of carbonyl (C=O) groups excluding carboxylic acids is 1. The van der Waals surface area contributed by atoms with Crippen LogP contribution in [0, 0.1) is 0 Å². The zero-order valence-corrected chi connectivity index (χ0v) is 14.1. The molecule has 2 heterocycles. The van der Waals surface area contributed by atoms with E-state index in [9.17, 15) is 13.2 Å². The molecule has 1 saturated carbocycles. The van der Waals surface area contributed by atoms with E-state index in [2.05, 4.69) is 15.6 Å². The number of rotatable bonds is 3. The average Bonchev–Trinajstić information content (AvgIpc) is 3.04. The topological polar surface area (TPSA) is 91.4 Å². The third-order valence-electron chi connectivity index (χ3n) is 4.08. The van der Waals surface area contributed by atoms with Crippen LogP contribution in [0.1, 0.15) is 36.3 Å². The van der Waals surface area contributed by atoms with E-state index in [0.29, 0.717) is 24.6 Å². The van der Waals surface area contributed by atoms with E-state index < -0.39 is 10.0 Å². The van der Waals surface area contributed by atoms with Gasteiger partial charge in [-0.3, -0.25) is 5.32 Å². The Balaban J connectivity index is 1.62. The average molecular weight is 344 g/mol. The van der Waals surface area contributed by atoms with Gasteiger partial charge in [-0.2, -0.15) is 4.31 Å². The molecule has 122 valence electrons. The maximum Gasteiger partial charge on any atom is 0.321 e. The van der Waals surface area contributed by atoms with Crippen molar-refractivity contribution in [2.45, 2.75) is 44.7 Å². The number of hydrogen-bond donors (Lipinski definition) is 2. The zero-order valence-electron chi connectivity index (χ0n) is 12.5. The van der Waals surface area contributed by atoms with Crippen LogP contribution in [0.25, 0.3) is 0 Å². The maximum absolute atomic E-state index is 11.9. The second-order valence-electron chi connectivity index (χ2n) is 5.82. The number of carbonyl (C=O) groups is 1. The van der Waals surface area contributed by atoms with Crippen LogP contribution >= 0.6 is 11.3 Å². The van der Waals surface area contributed by atoms with Crippen LogP contribution in [-0.2, 0) is 23.0 Å². The van der Waals surface area contributed by atoms with Crippen molar-refractivity contribution < 1.29 is 13.2 Å². The van der Waals surface area contributed by atoms with Crippen molar-refractivity contribution in [1.82, 2.24) is 14.6 Å². The molecule has 3 rings (SSSR count). The Morgan fingerprint density at radius 1 is 1.36 bits per heavy atom. The lowest BCUT2D eigenvalue weighted by Crippen LogP contribution is -2.36. The minimum Gasteiger partial charge on any atom is -0.335 e. The number of aromatic nitrogens is 1. The Labute approximate surface area is 134 Å². The zero-order chi connectivity index (χ0) is 15.7. The Kier molecular flexibility index (Phi) is 4.37. The molecule has 2 amide bonds. The molecule has 2 aliphatic rings. The molecule has 1 aliphatic heterocycles. The standard InChI is InChI=1S/C13H20N4O3S2/c1-22(19,20)17-7-6-10-11(8-17)21-13(15-10)16-12(18)14-9-4-2-3-5-9/h9H,2-8H2,1H3,(H2,14,15,16,18). The quantitative estimate of drug-likeness (QED) is 0.870. The van der Waals surface area contributed by atoms with Gasteiger partial charge in [-0.15, -0.1) is 0 Å². The number of hydrogen-bond acceptors (Lipinski definition) is 5. The van der Waals surface area contributed by atoms with Crippen molar-refractivity contribution in [2.24, 2.45) is 0 Å². The van der Waals surface area contributed by atoms with Gasteiger partial charge in [0.15, 0.2) is 5.13 Å². The summed E-state index contributed by atoms with van der Waals surface area (Å²) >= 11 is 1.35. The van der Waals surface area contributed by atoms with E-state index >= 15 is 0 Å². The number of urea groups is 1. The summed E-state index contributed by atoms with van der Waals surface area (Å²) in [7, 11) is -3.19. The molecular weight excluding hydrogens is 324 g/mol. The third kappa shape index (κ3) is 3.58. The molecule has 22 heavy (non-hydrogen) atoms.